The molecule has 6 heterocycles. The number of aromatic nitrogens is 6. The first kappa shape index (κ1) is 24.1. The first-order valence-electron chi connectivity index (χ1n) is 11.7. The molecule has 3 aromatic heterocycles. The third-order valence-electron chi connectivity index (χ3n) is 5.98. The molecule has 0 fully saturated rings. The second-order valence-corrected chi connectivity index (χ2v) is 8.65. The molecule has 11 heteroatoms. The monoisotopic (exact) mass is 473 g/mol. The molecule has 3 aromatic rings. The third kappa shape index (κ3) is 5.36. The van der Waals surface area contributed by atoms with Gasteiger partial charge in [-0.2, -0.15) is 15.3 Å². The van der Waals surface area contributed by atoms with E-state index >= 15 is 0 Å². The van der Waals surface area contributed by atoms with Crippen LogP contribution < -0.4 is 19.5 Å². The molecule has 34 heavy (non-hydrogen) atoms. The summed E-state index contributed by atoms with van der Waals surface area (Å²) in [5.41, 5.74) is 3.34. The number of ether oxygens (including phenoxy) is 4. The lowest BCUT2D eigenvalue weighted by atomic mass is 10.3. The fraction of sp³-hybridized carbons (Fsp3) is 0.609. The summed E-state index contributed by atoms with van der Waals surface area (Å²) in [6.07, 6.45) is 6.71. The van der Waals surface area contributed by atoms with Crippen LogP contribution in [0.5, 0.6) is 17.6 Å². The standard InChI is InChI=1S/C8H13N3O.C8H12N2O2.C7H10N2O/c1-6-3-10-11-4-7(9-2)5-12-8(6)11;1-6-3-9-10-4-7(11-2)5-12-8(6)10;1-6-5-8-9-3-2-4-10-7(6)9/h3,7,9H,4-5H2,1-2H3;3,7H,4-5H2,1-2H3;5H,2-4H2,1H3. The maximum atomic E-state index is 5.54. The molecule has 6 rings (SSSR count). The van der Waals surface area contributed by atoms with Crippen LogP contribution in [0.1, 0.15) is 23.1 Å². The lowest BCUT2D eigenvalue weighted by Gasteiger charge is -2.23. The fourth-order valence-corrected chi connectivity index (χ4v) is 3.95. The van der Waals surface area contributed by atoms with Gasteiger partial charge in [0.1, 0.15) is 19.3 Å². The maximum absolute atomic E-state index is 5.54. The Morgan fingerprint density at radius 2 is 1.38 bits per heavy atom. The molecule has 0 aromatic carbocycles. The second kappa shape index (κ2) is 10.9. The van der Waals surface area contributed by atoms with Gasteiger partial charge in [0, 0.05) is 36.8 Å². The Morgan fingerprint density at radius 3 is 1.97 bits per heavy atom. The molecule has 0 saturated heterocycles. The topological polar surface area (TPSA) is 102 Å². The van der Waals surface area contributed by atoms with Gasteiger partial charge in [-0.3, -0.25) is 0 Å². The number of aryl methyl sites for hydroxylation is 4. The van der Waals surface area contributed by atoms with Gasteiger partial charge in [-0.25, -0.2) is 14.0 Å². The van der Waals surface area contributed by atoms with E-state index in [0.29, 0.717) is 12.6 Å². The van der Waals surface area contributed by atoms with Gasteiger partial charge in [0.25, 0.3) is 0 Å². The Bertz CT molecular complexity index is 1020. The van der Waals surface area contributed by atoms with Crippen LogP contribution in [0.15, 0.2) is 18.6 Å². The summed E-state index contributed by atoms with van der Waals surface area (Å²) < 4.78 is 27.2. The summed E-state index contributed by atoms with van der Waals surface area (Å²) in [7, 11) is 3.63. The molecule has 2 atom stereocenters. The van der Waals surface area contributed by atoms with Crippen molar-refractivity contribution in [3.63, 3.8) is 0 Å². The van der Waals surface area contributed by atoms with Crippen LogP contribution in [0.3, 0.4) is 0 Å². The predicted octanol–water partition coefficient (Wildman–Crippen LogP) is 1.74. The van der Waals surface area contributed by atoms with Gasteiger partial charge in [0.15, 0.2) is 0 Å². The summed E-state index contributed by atoms with van der Waals surface area (Å²) >= 11 is 0. The van der Waals surface area contributed by atoms with E-state index in [2.05, 4.69) is 20.6 Å². The largest absolute Gasteiger partial charge is 0.478 e. The number of likely N-dealkylation sites (N-methyl/N-ethyl adjacent to an activating group) is 1. The predicted molar refractivity (Wildman–Crippen MR) is 126 cm³/mol. The van der Waals surface area contributed by atoms with Crippen molar-refractivity contribution in [2.24, 2.45) is 0 Å². The van der Waals surface area contributed by atoms with E-state index in [-0.39, 0.29) is 6.10 Å². The molecule has 0 amide bonds. The van der Waals surface area contributed by atoms with E-state index in [9.17, 15) is 0 Å². The van der Waals surface area contributed by atoms with Gasteiger partial charge in [0.05, 0.1) is 44.3 Å². The number of nitrogens with one attached hydrogen (secondary N) is 1. The van der Waals surface area contributed by atoms with Gasteiger partial charge >= 0.3 is 0 Å². The second-order valence-electron chi connectivity index (χ2n) is 8.65. The minimum atomic E-state index is 0.136. The molecular formula is C23H35N7O4. The molecule has 3 aliphatic rings. The van der Waals surface area contributed by atoms with E-state index in [1.54, 1.807) is 7.11 Å². The Labute approximate surface area is 199 Å². The summed E-state index contributed by atoms with van der Waals surface area (Å²) in [6, 6.07) is 0.386. The molecule has 186 valence electrons. The lowest BCUT2D eigenvalue weighted by Crippen LogP contribution is -2.39. The van der Waals surface area contributed by atoms with Crippen LogP contribution in [0.2, 0.25) is 0 Å². The van der Waals surface area contributed by atoms with E-state index in [1.807, 2.05) is 60.5 Å². The van der Waals surface area contributed by atoms with Gasteiger partial charge in [-0.15, -0.1) is 0 Å². The minimum Gasteiger partial charge on any atom is -0.478 e. The SMILES string of the molecule is CNC1COc2c(C)cnn2C1.COC1COc2c(C)cnn2C1.Cc1cnn2c1OCCC2. The number of methoxy groups -OCH3 is 1. The Morgan fingerprint density at radius 1 is 0.824 bits per heavy atom. The number of hydrogen-bond acceptors (Lipinski definition) is 8. The zero-order chi connectivity index (χ0) is 24.1. The van der Waals surface area contributed by atoms with E-state index in [4.69, 9.17) is 18.9 Å². The summed E-state index contributed by atoms with van der Waals surface area (Å²) in [6.45, 7) is 10.9. The average Bonchev–Trinajstić information content (AvgIpc) is 3.56. The molecule has 3 aliphatic heterocycles. The summed E-state index contributed by atoms with van der Waals surface area (Å²) in [4.78, 5) is 0. The quantitative estimate of drug-likeness (QED) is 0.601. The average molecular weight is 474 g/mol. The van der Waals surface area contributed by atoms with E-state index < -0.39 is 0 Å². The molecule has 1 N–H and O–H groups in total. The van der Waals surface area contributed by atoms with Crippen LogP contribution >= 0.6 is 0 Å². The van der Waals surface area contributed by atoms with E-state index in [0.717, 1.165) is 73.6 Å². The molecular weight excluding hydrogens is 438 g/mol. The number of rotatable bonds is 2. The van der Waals surface area contributed by atoms with Crippen molar-refractivity contribution < 1.29 is 18.9 Å². The Kier molecular flexibility index (Phi) is 7.73. The van der Waals surface area contributed by atoms with Crippen molar-refractivity contribution in [1.82, 2.24) is 34.7 Å². The third-order valence-corrected chi connectivity index (χ3v) is 5.98. The van der Waals surface area contributed by atoms with Crippen LogP contribution in [-0.2, 0) is 24.4 Å². The molecule has 0 spiro atoms. The summed E-state index contributed by atoms with van der Waals surface area (Å²) in [5.74, 6) is 2.75. The highest BCUT2D eigenvalue weighted by Crippen LogP contribution is 2.22. The smallest absolute Gasteiger partial charge is 0.214 e. The lowest BCUT2D eigenvalue weighted by molar-refractivity contribution is 0.0176. The molecule has 0 saturated carbocycles. The number of hydrogen-bond donors (Lipinski definition) is 1. The van der Waals surface area contributed by atoms with E-state index in [1.165, 1.54) is 0 Å². The number of nitrogens with zero attached hydrogens (tertiary/aromatic N) is 6. The van der Waals surface area contributed by atoms with Gasteiger partial charge in [0.2, 0.25) is 17.6 Å². The highest BCUT2D eigenvalue weighted by molar-refractivity contribution is 5.24. The number of fused-ring (bicyclic) bond motifs is 3. The molecule has 0 aliphatic carbocycles. The van der Waals surface area contributed by atoms with Crippen LogP contribution in [0, 0.1) is 20.8 Å². The first-order valence-corrected chi connectivity index (χ1v) is 11.7. The zero-order valence-corrected chi connectivity index (χ0v) is 20.7. The van der Waals surface area contributed by atoms with Crippen molar-refractivity contribution >= 4 is 0 Å². The van der Waals surface area contributed by atoms with Crippen LogP contribution in [-0.4, -0.2) is 75.5 Å². The highest BCUT2D eigenvalue weighted by atomic mass is 16.5. The van der Waals surface area contributed by atoms with Crippen molar-refractivity contribution in [3.05, 3.63) is 35.3 Å². The van der Waals surface area contributed by atoms with Crippen molar-refractivity contribution in [3.8, 4) is 17.6 Å². The molecule has 0 bridgehead atoms. The Balaban J connectivity index is 0.000000121. The van der Waals surface area contributed by atoms with Crippen molar-refractivity contribution in [2.45, 2.75) is 59.0 Å². The normalized spacial score (nSPS) is 20.0. The zero-order valence-electron chi connectivity index (χ0n) is 20.7. The first-order chi connectivity index (χ1) is 16.5. The van der Waals surface area contributed by atoms with Crippen molar-refractivity contribution in [1.29, 1.82) is 0 Å². The van der Waals surface area contributed by atoms with Crippen LogP contribution in [0.25, 0.3) is 0 Å². The van der Waals surface area contributed by atoms with Gasteiger partial charge in [-0.1, -0.05) is 0 Å². The minimum absolute atomic E-state index is 0.136. The highest BCUT2D eigenvalue weighted by Gasteiger charge is 2.21. The molecule has 11 nitrogen and oxygen atoms in total. The molecule has 2 unspecified atom stereocenters. The van der Waals surface area contributed by atoms with Crippen molar-refractivity contribution in [2.75, 3.05) is 34.0 Å². The van der Waals surface area contributed by atoms with Gasteiger partial charge < -0.3 is 24.3 Å². The molecule has 0 radical (unpaired) electrons. The maximum Gasteiger partial charge on any atom is 0.214 e. The van der Waals surface area contributed by atoms with Gasteiger partial charge in [-0.05, 0) is 27.8 Å². The van der Waals surface area contributed by atoms with Crippen LogP contribution in [0.4, 0.5) is 0 Å². The summed E-state index contributed by atoms with van der Waals surface area (Å²) in [5, 5.41) is 15.7. The Hall–Kier alpha value is -3.05. The fourth-order valence-electron chi connectivity index (χ4n) is 3.95.